The lowest BCUT2D eigenvalue weighted by molar-refractivity contribution is -0.133. The van der Waals surface area contributed by atoms with E-state index in [1.807, 2.05) is 48.5 Å². The highest BCUT2D eigenvalue weighted by Crippen LogP contribution is 2.59. The molecule has 0 unspecified atom stereocenters. The SMILES string of the molecule is COC(=O)c1ccc2c(c1)[C@@H]1CCC[C@H]3[C@@H]1[C@H](C(=O)N3Cc1ccccc1)[C@@H]2c1ccc(Cl)cc1. The van der Waals surface area contributed by atoms with Gasteiger partial charge in [-0.15, -0.1) is 0 Å². The molecule has 1 amide bonds. The Hall–Kier alpha value is -3.11. The van der Waals surface area contributed by atoms with Gasteiger partial charge in [0.15, 0.2) is 0 Å². The van der Waals surface area contributed by atoms with Crippen molar-refractivity contribution in [1.82, 2.24) is 4.90 Å². The number of rotatable bonds is 4. The molecule has 1 aliphatic heterocycles. The Bertz CT molecular complexity index is 1270. The van der Waals surface area contributed by atoms with Crippen molar-refractivity contribution in [3.8, 4) is 0 Å². The maximum atomic E-state index is 14.2. The van der Waals surface area contributed by atoms with Crippen molar-refractivity contribution in [2.75, 3.05) is 7.11 Å². The fourth-order valence-corrected chi connectivity index (χ4v) is 7.08. The number of carbonyl (C=O) groups excluding carboxylic acids is 2. The van der Waals surface area contributed by atoms with Gasteiger partial charge in [-0.25, -0.2) is 4.79 Å². The molecule has 4 nitrogen and oxygen atoms in total. The van der Waals surface area contributed by atoms with Crippen LogP contribution >= 0.6 is 11.6 Å². The van der Waals surface area contributed by atoms with Crippen LogP contribution in [0, 0.1) is 11.8 Å². The normalized spacial score (nSPS) is 26.7. The largest absolute Gasteiger partial charge is 0.465 e. The summed E-state index contributed by atoms with van der Waals surface area (Å²) in [4.78, 5) is 28.7. The third-order valence-electron chi connectivity index (χ3n) is 8.33. The molecular weight excluding hydrogens is 458 g/mol. The topological polar surface area (TPSA) is 46.6 Å². The monoisotopic (exact) mass is 485 g/mol. The molecule has 2 fully saturated rings. The van der Waals surface area contributed by atoms with Crippen LogP contribution in [-0.4, -0.2) is 29.9 Å². The number of benzene rings is 3. The first-order valence-corrected chi connectivity index (χ1v) is 12.8. The van der Waals surface area contributed by atoms with Crippen LogP contribution in [0.1, 0.15) is 63.7 Å². The number of hydrogen-bond acceptors (Lipinski definition) is 3. The first-order valence-electron chi connectivity index (χ1n) is 12.4. The van der Waals surface area contributed by atoms with E-state index in [4.69, 9.17) is 16.3 Å². The molecule has 178 valence electrons. The van der Waals surface area contributed by atoms with Crippen LogP contribution in [0.5, 0.6) is 0 Å². The van der Waals surface area contributed by atoms with E-state index in [1.54, 1.807) is 0 Å². The zero-order valence-corrected chi connectivity index (χ0v) is 20.4. The summed E-state index contributed by atoms with van der Waals surface area (Å²) in [6, 6.07) is 24.3. The van der Waals surface area contributed by atoms with Crippen molar-refractivity contribution in [3.63, 3.8) is 0 Å². The van der Waals surface area contributed by atoms with Gasteiger partial charge < -0.3 is 9.64 Å². The molecule has 0 spiro atoms. The van der Waals surface area contributed by atoms with Crippen LogP contribution in [-0.2, 0) is 16.1 Å². The molecule has 6 rings (SSSR count). The number of ether oxygens (including phenoxy) is 1. The Balaban J connectivity index is 1.50. The minimum atomic E-state index is -0.321. The molecule has 0 radical (unpaired) electrons. The first-order chi connectivity index (χ1) is 17.1. The van der Waals surface area contributed by atoms with E-state index in [9.17, 15) is 9.59 Å². The van der Waals surface area contributed by atoms with E-state index in [1.165, 1.54) is 12.7 Å². The van der Waals surface area contributed by atoms with Crippen molar-refractivity contribution in [2.24, 2.45) is 11.8 Å². The standard InChI is InChI=1S/C30H28ClNO3/c1-35-30(34)20-12-15-23-24(16-20)22-8-5-9-25-27(22)28(26(23)19-10-13-21(31)14-11-19)29(33)32(25)17-18-6-3-2-4-7-18/h2-4,6-7,10-16,22,25-28H,5,8-9,17H2,1H3/t22-,25-,26+,27+,28+/m0/s1. The summed E-state index contributed by atoms with van der Waals surface area (Å²) >= 11 is 6.23. The van der Waals surface area contributed by atoms with E-state index in [2.05, 4.69) is 29.2 Å². The molecule has 3 aromatic carbocycles. The molecule has 0 N–H and O–H groups in total. The van der Waals surface area contributed by atoms with E-state index in [0.29, 0.717) is 17.1 Å². The molecule has 3 aromatic rings. The van der Waals surface area contributed by atoms with Crippen LogP contribution in [0.25, 0.3) is 0 Å². The van der Waals surface area contributed by atoms with E-state index in [0.717, 1.165) is 36.0 Å². The molecule has 3 aliphatic rings. The lowest BCUT2D eigenvalue weighted by Gasteiger charge is -2.45. The average molecular weight is 486 g/mol. The van der Waals surface area contributed by atoms with E-state index in [-0.39, 0.29) is 41.6 Å². The number of carbonyl (C=O) groups is 2. The van der Waals surface area contributed by atoms with Gasteiger partial charge in [0.2, 0.25) is 5.91 Å². The molecular formula is C30H28ClNO3. The number of amides is 1. The molecule has 5 heteroatoms. The average Bonchev–Trinajstić information content (AvgIpc) is 3.17. The van der Waals surface area contributed by atoms with Crippen LogP contribution in [0.4, 0.5) is 0 Å². The maximum absolute atomic E-state index is 14.2. The van der Waals surface area contributed by atoms with Gasteiger partial charge in [-0.1, -0.05) is 66.6 Å². The number of esters is 1. The summed E-state index contributed by atoms with van der Waals surface area (Å²) in [7, 11) is 1.42. The predicted octanol–water partition coefficient (Wildman–Crippen LogP) is 6.18. The minimum absolute atomic E-state index is 0.0657. The smallest absolute Gasteiger partial charge is 0.337 e. The summed E-state index contributed by atoms with van der Waals surface area (Å²) in [5.74, 6) is 0.223. The molecule has 5 atom stereocenters. The van der Waals surface area contributed by atoms with Gasteiger partial charge in [0, 0.05) is 23.5 Å². The zero-order valence-electron chi connectivity index (χ0n) is 19.7. The first kappa shape index (κ1) is 22.4. The van der Waals surface area contributed by atoms with Gasteiger partial charge in [0.25, 0.3) is 0 Å². The Morgan fingerprint density at radius 2 is 1.77 bits per heavy atom. The number of halogens is 1. The lowest BCUT2D eigenvalue weighted by atomic mass is 9.58. The maximum Gasteiger partial charge on any atom is 0.337 e. The Labute approximate surface area is 210 Å². The molecule has 0 bridgehead atoms. The van der Waals surface area contributed by atoms with Crippen molar-refractivity contribution < 1.29 is 14.3 Å². The van der Waals surface area contributed by atoms with E-state index < -0.39 is 0 Å². The number of hydrogen-bond donors (Lipinski definition) is 0. The van der Waals surface area contributed by atoms with Gasteiger partial charge in [-0.2, -0.15) is 0 Å². The van der Waals surface area contributed by atoms with Gasteiger partial charge >= 0.3 is 5.97 Å². The second-order valence-electron chi connectivity index (χ2n) is 10.0. The fraction of sp³-hybridized carbons (Fsp3) is 0.333. The van der Waals surface area contributed by atoms with E-state index >= 15 is 0 Å². The summed E-state index contributed by atoms with van der Waals surface area (Å²) in [5.41, 5.74) is 5.20. The van der Waals surface area contributed by atoms with Crippen LogP contribution in [0.15, 0.2) is 72.8 Å². The highest BCUT2D eigenvalue weighted by molar-refractivity contribution is 6.30. The van der Waals surface area contributed by atoms with Crippen LogP contribution in [0.2, 0.25) is 5.02 Å². The lowest BCUT2D eigenvalue weighted by Crippen LogP contribution is -2.40. The van der Waals surface area contributed by atoms with Crippen molar-refractivity contribution >= 4 is 23.5 Å². The highest BCUT2D eigenvalue weighted by Gasteiger charge is 2.58. The molecule has 1 saturated heterocycles. The zero-order chi connectivity index (χ0) is 24.1. The van der Waals surface area contributed by atoms with Crippen molar-refractivity contribution in [3.05, 3.63) is 106 Å². The fourth-order valence-electron chi connectivity index (χ4n) is 6.95. The second kappa shape index (κ2) is 8.83. The van der Waals surface area contributed by atoms with Crippen molar-refractivity contribution in [2.45, 2.75) is 43.7 Å². The highest BCUT2D eigenvalue weighted by atomic mass is 35.5. The van der Waals surface area contributed by atoms with Gasteiger partial charge in [0.1, 0.15) is 0 Å². The van der Waals surface area contributed by atoms with Crippen LogP contribution < -0.4 is 0 Å². The third kappa shape index (κ3) is 3.66. The summed E-state index contributed by atoms with van der Waals surface area (Å²) < 4.78 is 5.03. The summed E-state index contributed by atoms with van der Waals surface area (Å²) in [6.07, 6.45) is 3.13. The number of nitrogens with zero attached hydrogens (tertiary/aromatic N) is 1. The van der Waals surface area contributed by atoms with Crippen molar-refractivity contribution in [1.29, 1.82) is 0 Å². The second-order valence-corrected chi connectivity index (χ2v) is 10.5. The molecule has 2 aliphatic carbocycles. The molecule has 0 aromatic heterocycles. The van der Waals surface area contributed by atoms with Gasteiger partial charge in [-0.05, 0) is 71.2 Å². The number of methoxy groups -OCH3 is 1. The minimum Gasteiger partial charge on any atom is -0.465 e. The third-order valence-corrected chi connectivity index (χ3v) is 8.59. The van der Waals surface area contributed by atoms with Gasteiger partial charge in [0.05, 0.1) is 18.6 Å². The summed E-state index contributed by atoms with van der Waals surface area (Å²) in [6.45, 7) is 0.640. The molecule has 1 heterocycles. The number of fused-ring (bicyclic) bond motifs is 2. The number of likely N-dealkylation sites (tertiary alicyclic amines) is 1. The Morgan fingerprint density at radius 1 is 1.00 bits per heavy atom. The molecule has 1 saturated carbocycles. The Kier molecular flexibility index (Phi) is 5.64. The van der Waals surface area contributed by atoms with Gasteiger partial charge in [-0.3, -0.25) is 4.79 Å². The quantitative estimate of drug-likeness (QED) is 0.414. The predicted molar refractivity (Wildman–Crippen MR) is 135 cm³/mol. The van der Waals surface area contributed by atoms with Crippen LogP contribution in [0.3, 0.4) is 0 Å². The Morgan fingerprint density at radius 3 is 2.51 bits per heavy atom. The molecule has 35 heavy (non-hydrogen) atoms. The summed E-state index contributed by atoms with van der Waals surface area (Å²) in [5, 5.41) is 0.683.